The van der Waals surface area contributed by atoms with Gasteiger partial charge in [-0.25, -0.2) is 0 Å². The van der Waals surface area contributed by atoms with Gasteiger partial charge in [0.25, 0.3) is 5.91 Å². The topological polar surface area (TPSA) is 71.1 Å². The van der Waals surface area contributed by atoms with E-state index in [9.17, 15) is 9.59 Å². The summed E-state index contributed by atoms with van der Waals surface area (Å²) in [6.07, 6.45) is 2.21. The number of hydrogen-bond acceptors (Lipinski definition) is 3. The van der Waals surface area contributed by atoms with Crippen LogP contribution in [0.15, 0.2) is 42.6 Å². The molecule has 2 amide bonds. The first-order chi connectivity index (χ1) is 11.5. The fraction of sp³-hybridized carbons (Fsp3) is 0.278. The molecule has 2 rings (SSSR count). The van der Waals surface area contributed by atoms with E-state index in [0.717, 1.165) is 12.0 Å². The molecule has 0 bridgehead atoms. The van der Waals surface area contributed by atoms with E-state index in [4.69, 9.17) is 11.6 Å². The number of aryl methyl sites for hydroxylation is 1. The van der Waals surface area contributed by atoms with Gasteiger partial charge in [0.15, 0.2) is 0 Å². The largest absolute Gasteiger partial charge is 0.348 e. The summed E-state index contributed by atoms with van der Waals surface area (Å²) in [5, 5.41) is 5.89. The summed E-state index contributed by atoms with van der Waals surface area (Å²) in [7, 11) is 0. The highest BCUT2D eigenvalue weighted by Crippen LogP contribution is 2.16. The quantitative estimate of drug-likeness (QED) is 0.845. The van der Waals surface area contributed by atoms with Crippen LogP contribution in [0.25, 0.3) is 0 Å². The number of pyridine rings is 1. The molecule has 0 spiro atoms. The Morgan fingerprint density at radius 2 is 1.92 bits per heavy atom. The zero-order valence-electron chi connectivity index (χ0n) is 13.7. The number of halogens is 1. The second kappa shape index (κ2) is 8.45. The van der Waals surface area contributed by atoms with Crippen LogP contribution in [0.2, 0.25) is 5.02 Å². The van der Waals surface area contributed by atoms with Crippen molar-refractivity contribution >= 4 is 23.4 Å². The third kappa shape index (κ3) is 5.06. The number of carbonyl (C=O) groups is 2. The molecule has 0 unspecified atom stereocenters. The predicted octanol–water partition coefficient (Wildman–Crippen LogP) is 3.04. The Morgan fingerprint density at radius 1 is 1.21 bits per heavy atom. The molecule has 24 heavy (non-hydrogen) atoms. The van der Waals surface area contributed by atoms with Gasteiger partial charge in [-0.05, 0) is 31.0 Å². The molecule has 5 nitrogen and oxygen atoms in total. The minimum Gasteiger partial charge on any atom is -0.348 e. The zero-order chi connectivity index (χ0) is 17.5. The number of carbonyl (C=O) groups excluding carboxylic acids is 2. The lowest BCUT2D eigenvalue weighted by Crippen LogP contribution is -2.38. The molecule has 2 aromatic rings. The number of hydrogen-bond donors (Lipinski definition) is 2. The third-order valence-corrected chi connectivity index (χ3v) is 3.82. The summed E-state index contributed by atoms with van der Waals surface area (Å²) < 4.78 is 0. The van der Waals surface area contributed by atoms with E-state index in [-0.39, 0.29) is 24.2 Å². The van der Waals surface area contributed by atoms with Crippen LogP contribution >= 0.6 is 11.6 Å². The van der Waals surface area contributed by atoms with Gasteiger partial charge in [-0.1, -0.05) is 48.4 Å². The number of amides is 2. The molecule has 6 heteroatoms. The van der Waals surface area contributed by atoms with Gasteiger partial charge in [0, 0.05) is 11.2 Å². The standard InChI is InChI=1S/C18H20ClN3O2/c1-3-15(13-6-4-12(2)5-7-13)22-17(23)11-21-18(24)16-10-14(19)8-9-20-16/h4-10,15H,3,11H2,1-2H3,(H,21,24)(H,22,23)/t15-/m0/s1. The van der Waals surface area contributed by atoms with Crippen LogP contribution in [0, 0.1) is 6.92 Å². The van der Waals surface area contributed by atoms with Crippen molar-refractivity contribution in [1.82, 2.24) is 15.6 Å². The molecule has 1 atom stereocenters. The van der Waals surface area contributed by atoms with E-state index in [0.29, 0.717) is 5.02 Å². The average Bonchev–Trinajstić information content (AvgIpc) is 2.58. The highest BCUT2D eigenvalue weighted by Gasteiger charge is 2.14. The Bertz CT molecular complexity index is 716. The summed E-state index contributed by atoms with van der Waals surface area (Å²) in [6, 6.07) is 11.0. The van der Waals surface area contributed by atoms with E-state index >= 15 is 0 Å². The molecular weight excluding hydrogens is 326 g/mol. The number of nitrogens with one attached hydrogen (secondary N) is 2. The molecule has 1 heterocycles. The van der Waals surface area contributed by atoms with Gasteiger partial charge >= 0.3 is 0 Å². The molecule has 0 aliphatic rings. The Kier molecular flexibility index (Phi) is 6.32. The van der Waals surface area contributed by atoms with Crippen molar-refractivity contribution in [2.24, 2.45) is 0 Å². The first kappa shape index (κ1) is 17.9. The lowest BCUT2D eigenvalue weighted by molar-refractivity contribution is -0.120. The first-order valence-electron chi connectivity index (χ1n) is 7.75. The Labute approximate surface area is 146 Å². The summed E-state index contributed by atoms with van der Waals surface area (Å²) in [5.41, 5.74) is 2.39. The van der Waals surface area contributed by atoms with Crippen LogP contribution in [0.3, 0.4) is 0 Å². The second-order valence-corrected chi connectivity index (χ2v) is 5.92. The van der Waals surface area contributed by atoms with Crippen LogP contribution < -0.4 is 10.6 Å². The van der Waals surface area contributed by atoms with E-state index in [1.54, 1.807) is 6.07 Å². The molecule has 0 saturated carbocycles. The molecule has 0 aliphatic carbocycles. The van der Waals surface area contributed by atoms with Gasteiger partial charge < -0.3 is 10.6 Å². The normalized spacial score (nSPS) is 11.6. The fourth-order valence-corrected chi connectivity index (χ4v) is 2.40. The molecule has 0 radical (unpaired) electrons. The van der Waals surface area contributed by atoms with Crippen LogP contribution in [0.4, 0.5) is 0 Å². The predicted molar refractivity (Wildman–Crippen MR) is 93.9 cm³/mol. The van der Waals surface area contributed by atoms with E-state index in [2.05, 4.69) is 15.6 Å². The fourth-order valence-electron chi connectivity index (χ4n) is 2.25. The van der Waals surface area contributed by atoms with E-state index < -0.39 is 5.91 Å². The maximum atomic E-state index is 12.1. The van der Waals surface area contributed by atoms with Crippen molar-refractivity contribution in [2.45, 2.75) is 26.3 Å². The van der Waals surface area contributed by atoms with Gasteiger partial charge in [0.2, 0.25) is 5.91 Å². The van der Waals surface area contributed by atoms with Crippen molar-refractivity contribution in [3.8, 4) is 0 Å². The molecule has 1 aromatic carbocycles. The van der Waals surface area contributed by atoms with Crippen molar-refractivity contribution in [3.63, 3.8) is 0 Å². The number of nitrogens with zero attached hydrogens (tertiary/aromatic N) is 1. The molecule has 126 valence electrons. The lowest BCUT2D eigenvalue weighted by Gasteiger charge is -2.18. The zero-order valence-corrected chi connectivity index (χ0v) is 14.4. The van der Waals surface area contributed by atoms with Crippen molar-refractivity contribution in [2.75, 3.05) is 6.54 Å². The highest BCUT2D eigenvalue weighted by atomic mass is 35.5. The number of benzene rings is 1. The van der Waals surface area contributed by atoms with Crippen molar-refractivity contribution in [1.29, 1.82) is 0 Å². The molecule has 0 aliphatic heterocycles. The Morgan fingerprint density at radius 3 is 2.54 bits per heavy atom. The second-order valence-electron chi connectivity index (χ2n) is 5.48. The third-order valence-electron chi connectivity index (χ3n) is 3.59. The van der Waals surface area contributed by atoms with Crippen LogP contribution in [-0.4, -0.2) is 23.3 Å². The Balaban J connectivity index is 1.89. The van der Waals surface area contributed by atoms with Gasteiger partial charge in [-0.15, -0.1) is 0 Å². The smallest absolute Gasteiger partial charge is 0.270 e. The van der Waals surface area contributed by atoms with Crippen LogP contribution in [0.1, 0.15) is 41.0 Å². The maximum Gasteiger partial charge on any atom is 0.270 e. The van der Waals surface area contributed by atoms with E-state index in [1.165, 1.54) is 17.8 Å². The molecule has 0 saturated heterocycles. The first-order valence-corrected chi connectivity index (χ1v) is 8.13. The SMILES string of the molecule is CC[C@H](NC(=O)CNC(=O)c1cc(Cl)ccn1)c1ccc(C)cc1. The van der Waals surface area contributed by atoms with E-state index in [1.807, 2.05) is 38.1 Å². The summed E-state index contributed by atoms with van der Waals surface area (Å²) in [6.45, 7) is 3.90. The highest BCUT2D eigenvalue weighted by molar-refractivity contribution is 6.30. The molecule has 2 N–H and O–H groups in total. The van der Waals surface area contributed by atoms with Crippen molar-refractivity contribution in [3.05, 3.63) is 64.4 Å². The van der Waals surface area contributed by atoms with Gasteiger partial charge in [0.1, 0.15) is 5.69 Å². The van der Waals surface area contributed by atoms with Crippen molar-refractivity contribution < 1.29 is 9.59 Å². The molecule has 1 aromatic heterocycles. The van der Waals surface area contributed by atoms with Gasteiger partial charge in [-0.2, -0.15) is 0 Å². The summed E-state index contributed by atoms with van der Waals surface area (Å²) in [5.74, 6) is -0.686. The Hall–Kier alpha value is -2.40. The summed E-state index contributed by atoms with van der Waals surface area (Å²) >= 11 is 5.82. The minimum atomic E-state index is -0.434. The van der Waals surface area contributed by atoms with Gasteiger partial charge in [-0.3, -0.25) is 14.6 Å². The number of rotatable bonds is 6. The van der Waals surface area contributed by atoms with Gasteiger partial charge in [0.05, 0.1) is 12.6 Å². The molecular formula is C18H20ClN3O2. The minimum absolute atomic E-state index is 0.0840. The maximum absolute atomic E-state index is 12.1. The monoisotopic (exact) mass is 345 g/mol. The number of aromatic nitrogens is 1. The summed E-state index contributed by atoms with van der Waals surface area (Å²) in [4.78, 5) is 28.0. The average molecular weight is 346 g/mol. The lowest BCUT2D eigenvalue weighted by atomic mass is 10.0. The van der Waals surface area contributed by atoms with Crippen LogP contribution in [-0.2, 0) is 4.79 Å². The molecule has 0 fully saturated rings. The van der Waals surface area contributed by atoms with Crippen LogP contribution in [0.5, 0.6) is 0 Å².